The van der Waals surface area contributed by atoms with Gasteiger partial charge < -0.3 is 5.11 Å². The number of aliphatic hydroxyl groups excluding tert-OH is 1. The monoisotopic (exact) mass is 402 g/mol. The summed E-state index contributed by atoms with van der Waals surface area (Å²) < 4.78 is 0. The Morgan fingerprint density at radius 2 is 1.62 bits per heavy atom. The maximum atomic E-state index is 9.86. The highest BCUT2D eigenvalue weighted by Gasteiger charge is 2.60. The molecule has 0 aromatic carbocycles. The summed E-state index contributed by atoms with van der Waals surface area (Å²) in [7, 11) is 0. The molecule has 0 saturated heterocycles. The molecule has 1 heteroatoms. The van der Waals surface area contributed by atoms with E-state index in [4.69, 9.17) is 0 Å². The Bertz CT molecular complexity index is 557. The molecule has 0 heterocycles. The molecular weight excluding hydrogens is 352 g/mol. The Labute approximate surface area is 181 Å². The van der Waals surface area contributed by atoms with Gasteiger partial charge in [-0.3, -0.25) is 0 Å². The van der Waals surface area contributed by atoms with Gasteiger partial charge in [0.1, 0.15) is 0 Å². The molecule has 10 atom stereocenters. The van der Waals surface area contributed by atoms with E-state index in [-0.39, 0.29) is 0 Å². The fourth-order valence-electron chi connectivity index (χ4n) is 10.2. The van der Waals surface area contributed by atoms with Gasteiger partial charge in [0.05, 0.1) is 0 Å². The molecule has 0 amide bonds. The fourth-order valence-corrected chi connectivity index (χ4v) is 10.2. The van der Waals surface area contributed by atoms with Gasteiger partial charge in [-0.15, -0.1) is 0 Å². The van der Waals surface area contributed by atoms with E-state index in [2.05, 4.69) is 34.6 Å². The summed E-state index contributed by atoms with van der Waals surface area (Å²) in [5, 5.41) is 9.86. The Hall–Kier alpha value is -0.0400. The minimum absolute atomic E-state index is 0.396. The summed E-state index contributed by atoms with van der Waals surface area (Å²) in [6, 6.07) is 0. The Kier molecular flexibility index (Phi) is 6.48. The van der Waals surface area contributed by atoms with Crippen LogP contribution in [0, 0.1) is 58.2 Å². The highest BCUT2D eigenvalue weighted by Crippen LogP contribution is 2.69. The molecule has 1 unspecified atom stereocenters. The second-order valence-corrected chi connectivity index (χ2v) is 12.7. The van der Waals surface area contributed by atoms with Crippen molar-refractivity contribution in [1.82, 2.24) is 0 Å². The molecule has 29 heavy (non-hydrogen) atoms. The van der Waals surface area contributed by atoms with Gasteiger partial charge in [0, 0.05) is 6.61 Å². The Morgan fingerprint density at radius 3 is 2.34 bits per heavy atom. The van der Waals surface area contributed by atoms with Crippen molar-refractivity contribution in [2.45, 2.75) is 112 Å². The largest absolute Gasteiger partial charge is 0.396 e. The molecule has 0 aromatic rings. The van der Waals surface area contributed by atoms with E-state index in [1.165, 1.54) is 77.0 Å². The molecule has 4 saturated carbocycles. The van der Waals surface area contributed by atoms with E-state index >= 15 is 0 Å². The molecule has 4 rings (SSSR count). The van der Waals surface area contributed by atoms with Gasteiger partial charge in [0.15, 0.2) is 0 Å². The number of fused-ring (bicyclic) bond motifs is 5. The molecule has 4 fully saturated rings. The summed E-state index contributed by atoms with van der Waals surface area (Å²) in [6.45, 7) is 13.2. The van der Waals surface area contributed by atoms with Crippen molar-refractivity contribution in [3.05, 3.63) is 0 Å². The van der Waals surface area contributed by atoms with Crippen molar-refractivity contribution >= 4 is 0 Å². The topological polar surface area (TPSA) is 20.2 Å². The third-order valence-electron chi connectivity index (χ3n) is 11.4. The van der Waals surface area contributed by atoms with Crippen LogP contribution in [0.15, 0.2) is 0 Å². The first kappa shape index (κ1) is 22.2. The molecule has 0 aliphatic heterocycles. The van der Waals surface area contributed by atoms with Gasteiger partial charge in [0.25, 0.3) is 0 Å². The number of aliphatic hydroxyl groups is 1. The summed E-state index contributed by atoms with van der Waals surface area (Å²) in [5.41, 5.74) is 1.23. The van der Waals surface area contributed by atoms with Crippen LogP contribution >= 0.6 is 0 Å². The normalized spacial score (nSPS) is 49.0. The molecule has 0 bridgehead atoms. The van der Waals surface area contributed by atoms with Crippen molar-refractivity contribution in [2.24, 2.45) is 58.2 Å². The van der Waals surface area contributed by atoms with Crippen molar-refractivity contribution < 1.29 is 5.11 Å². The first-order valence-electron chi connectivity index (χ1n) is 13.5. The fraction of sp³-hybridized carbons (Fsp3) is 1.00. The molecule has 4 aliphatic rings. The standard InChI is InChI=1S/C28H50O/c1-6-8-21(18-29)17-20(3)24-12-13-25-22-10-11-23-19(2)9-7-15-27(23,4)26(22)14-16-28(24,25)5/h19-26,29H,6-18H2,1-5H3/t19-,20-,21-,22+,23+,24?,25+,26+,27+,28-/m1/s1. The quantitative estimate of drug-likeness (QED) is 0.482. The average Bonchev–Trinajstić information content (AvgIpc) is 3.04. The zero-order chi connectivity index (χ0) is 20.8. The van der Waals surface area contributed by atoms with Crippen LogP contribution in [0.5, 0.6) is 0 Å². The molecule has 168 valence electrons. The Morgan fingerprint density at radius 1 is 0.897 bits per heavy atom. The van der Waals surface area contributed by atoms with Gasteiger partial charge in [-0.2, -0.15) is 0 Å². The predicted molar refractivity (Wildman–Crippen MR) is 124 cm³/mol. The van der Waals surface area contributed by atoms with Crippen molar-refractivity contribution in [1.29, 1.82) is 0 Å². The predicted octanol–water partition coefficient (Wildman–Crippen LogP) is 7.72. The second kappa shape index (κ2) is 8.48. The van der Waals surface area contributed by atoms with E-state index in [0.717, 1.165) is 41.4 Å². The third-order valence-corrected chi connectivity index (χ3v) is 11.4. The minimum Gasteiger partial charge on any atom is -0.396 e. The highest BCUT2D eigenvalue weighted by molar-refractivity contribution is 5.09. The lowest BCUT2D eigenvalue weighted by Crippen LogP contribution is -2.54. The van der Waals surface area contributed by atoms with Crippen LogP contribution in [0.1, 0.15) is 112 Å². The summed E-state index contributed by atoms with van der Waals surface area (Å²) in [5.74, 6) is 7.21. The lowest BCUT2D eigenvalue weighted by atomic mass is 9.43. The minimum atomic E-state index is 0.396. The molecule has 1 N–H and O–H groups in total. The average molecular weight is 403 g/mol. The van der Waals surface area contributed by atoms with E-state index in [1.807, 2.05) is 0 Å². The summed E-state index contributed by atoms with van der Waals surface area (Å²) in [4.78, 5) is 0. The van der Waals surface area contributed by atoms with Crippen molar-refractivity contribution in [3.63, 3.8) is 0 Å². The van der Waals surface area contributed by atoms with Crippen LogP contribution in [-0.2, 0) is 0 Å². The molecule has 0 aromatic heterocycles. The van der Waals surface area contributed by atoms with Gasteiger partial charge in [-0.05, 0) is 116 Å². The third kappa shape index (κ3) is 3.64. The highest BCUT2D eigenvalue weighted by atomic mass is 16.3. The number of hydrogen-bond donors (Lipinski definition) is 1. The number of hydrogen-bond acceptors (Lipinski definition) is 1. The van der Waals surface area contributed by atoms with Crippen LogP contribution in [0.2, 0.25) is 0 Å². The van der Waals surface area contributed by atoms with Crippen LogP contribution in [-0.4, -0.2) is 11.7 Å². The molecule has 0 radical (unpaired) electrons. The zero-order valence-electron chi connectivity index (χ0n) is 20.3. The van der Waals surface area contributed by atoms with E-state index < -0.39 is 0 Å². The maximum Gasteiger partial charge on any atom is 0.0459 e. The first-order chi connectivity index (χ1) is 13.8. The zero-order valence-corrected chi connectivity index (χ0v) is 20.3. The van der Waals surface area contributed by atoms with Crippen molar-refractivity contribution in [3.8, 4) is 0 Å². The van der Waals surface area contributed by atoms with E-state index in [1.54, 1.807) is 0 Å². The van der Waals surface area contributed by atoms with Gasteiger partial charge >= 0.3 is 0 Å². The lowest BCUT2D eigenvalue weighted by molar-refractivity contribution is -0.127. The van der Waals surface area contributed by atoms with Crippen LogP contribution < -0.4 is 0 Å². The molecular formula is C28H50O. The van der Waals surface area contributed by atoms with E-state index in [9.17, 15) is 5.11 Å². The molecule has 0 spiro atoms. The SMILES string of the molecule is CCC[C@@H](CO)C[C@@H](C)C1CC[C@H]2[C@@H]3CC[C@H]4[C@H](C)CCC[C@]4(C)[C@H]3CC[C@]12C. The van der Waals surface area contributed by atoms with E-state index in [0.29, 0.717) is 23.4 Å². The number of rotatable bonds is 6. The molecule has 4 aliphatic carbocycles. The summed E-state index contributed by atoms with van der Waals surface area (Å²) in [6.07, 6.45) is 17.2. The molecule has 1 nitrogen and oxygen atoms in total. The van der Waals surface area contributed by atoms with Crippen LogP contribution in [0.4, 0.5) is 0 Å². The Balaban J connectivity index is 1.50. The van der Waals surface area contributed by atoms with Crippen LogP contribution in [0.25, 0.3) is 0 Å². The smallest absolute Gasteiger partial charge is 0.0459 e. The van der Waals surface area contributed by atoms with Gasteiger partial charge in [0.2, 0.25) is 0 Å². The van der Waals surface area contributed by atoms with Crippen LogP contribution in [0.3, 0.4) is 0 Å². The summed E-state index contributed by atoms with van der Waals surface area (Å²) >= 11 is 0. The second-order valence-electron chi connectivity index (χ2n) is 12.7. The maximum absolute atomic E-state index is 9.86. The van der Waals surface area contributed by atoms with Gasteiger partial charge in [-0.1, -0.05) is 53.9 Å². The van der Waals surface area contributed by atoms with Gasteiger partial charge in [-0.25, -0.2) is 0 Å². The first-order valence-corrected chi connectivity index (χ1v) is 13.5. The lowest BCUT2D eigenvalue weighted by Gasteiger charge is -2.62. The van der Waals surface area contributed by atoms with Crippen molar-refractivity contribution in [2.75, 3.05) is 6.61 Å².